The van der Waals surface area contributed by atoms with Crippen molar-refractivity contribution in [3.63, 3.8) is 0 Å². The number of fused-ring (bicyclic) bond motifs is 1. The van der Waals surface area contributed by atoms with Crippen LogP contribution in [0.4, 0.5) is 0 Å². The molecular weight excluding hydrogens is 192 g/mol. The largest absolute Gasteiger partial charge is 0.393 e. The van der Waals surface area contributed by atoms with E-state index in [1.165, 1.54) is 21.2 Å². The Kier molecular flexibility index (Phi) is 2.57. The molecule has 0 amide bonds. The van der Waals surface area contributed by atoms with Crippen LogP contribution in [0.5, 0.6) is 0 Å². The average molecular weight is 206 g/mol. The molecule has 1 unspecified atom stereocenters. The minimum absolute atomic E-state index is 0.264. The van der Waals surface area contributed by atoms with Crippen molar-refractivity contribution in [2.24, 2.45) is 0 Å². The zero-order valence-electron chi connectivity index (χ0n) is 8.45. The molecule has 1 nitrogen and oxygen atoms in total. The second-order valence-corrected chi connectivity index (χ2v) is 4.67. The molecule has 0 spiro atoms. The van der Waals surface area contributed by atoms with E-state index in [1.54, 1.807) is 11.3 Å². The Morgan fingerprint density at radius 2 is 2.21 bits per heavy atom. The van der Waals surface area contributed by atoms with E-state index in [1.807, 2.05) is 6.92 Å². The van der Waals surface area contributed by atoms with Crippen LogP contribution in [-0.4, -0.2) is 11.2 Å². The number of benzene rings is 1. The summed E-state index contributed by atoms with van der Waals surface area (Å²) in [5.74, 6) is 0. The first kappa shape index (κ1) is 9.69. The number of thiophene rings is 1. The highest BCUT2D eigenvalue weighted by molar-refractivity contribution is 7.17. The van der Waals surface area contributed by atoms with Crippen LogP contribution in [0.2, 0.25) is 0 Å². The quantitative estimate of drug-likeness (QED) is 0.800. The minimum atomic E-state index is -0.264. The molecule has 74 valence electrons. The number of hydrogen-bond acceptors (Lipinski definition) is 2. The molecule has 0 fully saturated rings. The van der Waals surface area contributed by atoms with Gasteiger partial charge in [-0.25, -0.2) is 0 Å². The smallest absolute Gasteiger partial charge is 0.0552 e. The Bertz CT molecular complexity index is 443. The summed E-state index contributed by atoms with van der Waals surface area (Å²) in [6, 6.07) is 6.31. The first-order valence-electron chi connectivity index (χ1n) is 4.82. The van der Waals surface area contributed by atoms with Gasteiger partial charge in [-0.1, -0.05) is 12.1 Å². The van der Waals surface area contributed by atoms with Crippen LogP contribution in [0.25, 0.3) is 10.1 Å². The molecule has 2 aromatic rings. The molecule has 0 saturated heterocycles. The van der Waals surface area contributed by atoms with Crippen LogP contribution in [0.3, 0.4) is 0 Å². The maximum absolute atomic E-state index is 9.40. The summed E-state index contributed by atoms with van der Waals surface area (Å²) >= 11 is 1.77. The molecule has 0 aliphatic carbocycles. The lowest BCUT2D eigenvalue weighted by molar-refractivity contribution is 0.196. The molecule has 0 bridgehead atoms. The summed E-state index contributed by atoms with van der Waals surface area (Å²) in [5, 5.41) is 12.9. The molecule has 1 atom stereocenters. The van der Waals surface area contributed by atoms with Gasteiger partial charge in [-0.2, -0.15) is 0 Å². The molecule has 0 saturated carbocycles. The van der Waals surface area contributed by atoms with E-state index in [-0.39, 0.29) is 6.10 Å². The van der Waals surface area contributed by atoms with E-state index in [0.29, 0.717) is 0 Å². The van der Waals surface area contributed by atoms with Gasteiger partial charge in [-0.15, -0.1) is 11.3 Å². The summed E-state index contributed by atoms with van der Waals surface area (Å²) in [6.07, 6.45) is 0.481. The normalized spacial score (nSPS) is 13.4. The van der Waals surface area contributed by atoms with Gasteiger partial charge in [0.2, 0.25) is 0 Å². The molecular formula is C12H14OS. The van der Waals surface area contributed by atoms with Crippen LogP contribution in [0, 0.1) is 6.92 Å². The summed E-state index contributed by atoms with van der Waals surface area (Å²) in [4.78, 5) is 0. The van der Waals surface area contributed by atoms with Gasteiger partial charge in [0, 0.05) is 4.70 Å². The van der Waals surface area contributed by atoms with Crippen molar-refractivity contribution in [3.8, 4) is 0 Å². The van der Waals surface area contributed by atoms with Gasteiger partial charge in [0.05, 0.1) is 6.10 Å². The maximum Gasteiger partial charge on any atom is 0.0552 e. The molecule has 1 N–H and O–H groups in total. The van der Waals surface area contributed by atoms with Crippen LogP contribution >= 0.6 is 11.3 Å². The highest BCUT2D eigenvalue weighted by Crippen LogP contribution is 2.29. The predicted molar refractivity (Wildman–Crippen MR) is 61.9 cm³/mol. The molecule has 0 aliphatic heterocycles. The predicted octanol–water partition coefficient (Wildman–Crippen LogP) is 3.13. The fraction of sp³-hybridized carbons (Fsp3) is 0.333. The van der Waals surface area contributed by atoms with Crippen molar-refractivity contribution in [2.75, 3.05) is 0 Å². The third kappa shape index (κ3) is 1.68. The van der Waals surface area contributed by atoms with E-state index >= 15 is 0 Å². The van der Waals surface area contributed by atoms with Crippen LogP contribution in [0.1, 0.15) is 18.1 Å². The minimum Gasteiger partial charge on any atom is -0.393 e. The number of rotatable bonds is 2. The molecule has 0 aliphatic rings. The Morgan fingerprint density at radius 1 is 1.43 bits per heavy atom. The highest BCUT2D eigenvalue weighted by atomic mass is 32.1. The molecule has 2 rings (SSSR count). The second kappa shape index (κ2) is 3.71. The zero-order chi connectivity index (χ0) is 10.1. The third-order valence-electron chi connectivity index (χ3n) is 2.38. The van der Waals surface area contributed by atoms with E-state index < -0.39 is 0 Å². The van der Waals surface area contributed by atoms with Gasteiger partial charge >= 0.3 is 0 Å². The lowest BCUT2D eigenvalue weighted by Crippen LogP contribution is -2.04. The van der Waals surface area contributed by atoms with Gasteiger partial charge in [-0.3, -0.25) is 0 Å². The van der Waals surface area contributed by atoms with Crippen molar-refractivity contribution in [1.29, 1.82) is 0 Å². The van der Waals surface area contributed by atoms with Gasteiger partial charge in [-0.05, 0) is 48.2 Å². The lowest BCUT2D eigenvalue weighted by Gasteiger charge is -2.06. The highest BCUT2D eigenvalue weighted by Gasteiger charge is 2.07. The topological polar surface area (TPSA) is 20.2 Å². The van der Waals surface area contributed by atoms with Crippen molar-refractivity contribution < 1.29 is 5.11 Å². The van der Waals surface area contributed by atoms with Gasteiger partial charge < -0.3 is 5.11 Å². The summed E-state index contributed by atoms with van der Waals surface area (Å²) in [6.45, 7) is 3.96. The van der Waals surface area contributed by atoms with Crippen LogP contribution in [0.15, 0.2) is 23.6 Å². The van der Waals surface area contributed by atoms with Gasteiger partial charge in [0.1, 0.15) is 0 Å². The summed E-state index contributed by atoms with van der Waals surface area (Å²) in [5.41, 5.74) is 2.58. The molecule has 1 aromatic carbocycles. The van der Waals surface area contributed by atoms with Crippen molar-refractivity contribution in [2.45, 2.75) is 26.4 Å². The number of aliphatic hydroxyl groups excluding tert-OH is 1. The molecule has 1 heterocycles. The molecule has 2 heteroatoms. The van der Waals surface area contributed by atoms with Crippen molar-refractivity contribution in [3.05, 3.63) is 34.7 Å². The Labute approximate surface area is 88.0 Å². The van der Waals surface area contributed by atoms with E-state index in [0.717, 1.165) is 6.42 Å². The van der Waals surface area contributed by atoms with E-state index in [9.17, 15) is 5.11 Å². The zero-order valence-corrected chi connectivity index (χ0v) is 9.27. The summed E-state index contributed by atoms with van der Waals surface area (Å²) in [7, 11) is 0. The van der Waals surface area contributed by atoms with Crippen molar-refractivity contribution in [1.82, 2.24) is 0 Å². The van der Waals surface area contributed by atoms with Gasteiger partial charge in [0.15, 0.2) is 0 Å². The number of hydrogen-bond donors (Lipinski definition) is 1. The fourth-order valence-corrected chi connectivity index (χ4v) is 2.81. The molecule has 0 radical (unpaired) electrons. The van der Waals surface area contributed by atoms with Gasteiger partial charge in [0.25, 0.3) is 0 Å². The van der Waals surface area contributed by atoms with E-state index in [4.69, 9.17) is 0 Å². The second-order valence-electron chi connectivity index (χ2n) is 3.76. The number of aliphatic hydroxyl groups is 1. The molecule has 14 heavy (non-hydrogen) atoms. The monoisotopic (exact) mass is 206 g/mol. The first-order valence-corrected chi connectivity index (χ1v) is 5.70. The van der Waals surface area contributed by atoms with Crippen LogP contribution < -0.4 is 0 Å². The van der Waals surface area contributed by atoms with Crippen molar-refractivity contribution >= 4 is 21.4 Å². The Balaban J connectivity index is 2.57. The Morgan fingerprint density at radius 3 is 2.93 bits per heavy atom. The van der Waals surface area contributed by atoms with Crippen LogP contribution in [-0.2, 0) is 6.42 Å². The first-order chi connectivity index (χ1) is 6.68. The maximum atomic E-state index is 9.40. The fourth-order valence-electron chi connectivity index (χ4n) is 1.82. The van der Waals surface area contributed by atoms with E-state index in [2.05, 4.69) is 30.5 Å². The SMILES string of the molecule is Cc1csc2cccc(CC(C)O)c12. The molecule has 1 aromatic heterocycles. The Hall–Kier alpha value is -0.860. The summed E-state index contributed by atoms with van der Waals surface area (Å²) < 4.78 is 1.32. The third-order valence-corrected chi connectivity index (χ3v) is 3.45. The lowest BCUT2D eigenvalue weighted by atomic mass is 10.0. The standard InChI is InChI=1S/C12H14OS/c1-8-7-14-11-5-3-4-10(12(8)11)6-9(2)13/h3-5,7,9,13H,6H2,1-2H3. The number of aryl methyl sites for hydroxylation is 1. The average Bonchev–Trinajstić information content (AvgIpc) is 2.48.